The first-order valence-electron chi connectivity index (χ1n) is 10.1. The van der Waals surface area contributed by atoms with Crippen molar-refractivity contribution >= 4 is 5.84 Å². The van der Waals surface area contributed by atoms with Crippen molar-refractivity contribution in [3.63, 3.8) is 0 Å². The SMILES string of the molecule is Cc1cc(OCCc2ccc(/C(N)=N/N=O)cc2)cc(-c2ccccc2C(C)C)c1. The number of nitrogens with two attached hydrogens (primary N) is 1. The number of benzene rings is 3. The van der Waals surface area contributed by atoms with Gasteiger partial charge in [-0.1, -0.05) is 73.5 Å². The number of hydrogen-bond donors (Lipinski definition) is 1. The van der Waals surface area contributed by atoms with Crippen LogP contribution >= 0.6 is 0 Å². The quantitative estimate of drug-likeness (QED) is 0.224. The van der Waals surface area contributed by atoms with Crippen molar-refractivity contribution in [2.24, 2.45) is 16.1 Å². The van der Waals surface area contributed by atoms with Gasteiger partial charge in [-0.05, 0) is 52.8 Å². The molecule has 0 atom stereocenters. The van der Waals surface area contributed by atoms with Crippen molar-refractivity contribution in [2.45, 2.75) is 33.1 Å². The van der Waals surface area contributed by atoms with Crippen LogP contribution in [-0.2, 0) is 6.42 Å². The lowest BCUT2D eigenvalue weighted by atomic mass is 9.92. The molecule has 5 heteroatoms. The zero-order valence-electron chi connectivity index (χ0n) is 17.6. The molecule has 0 aliphatic carbocycles. The van der Waals surface area contributed by atoms with Gasteiger partial charge in [-0.25, -0.2) is 0 Å². The largest absolute Gasteiger partial charge is 0.493 e. The summed E-state index contributed by atoms with van der Waals surface area (Å²) in [6, 6.07) is 22.5. The van der Waals surface area contributed by atoms with Crippen molar-refractivity contribution in [1.29, 1.82) is 0 Å². The monoisotopic (exact) mass is 401 g/mol. The van der Waals surface area contributed by atoms with Gasteiger partial charge in [-0.2, -0.15) is 0 Å². The molecule has 0 fully saturated rings. The molecule has 5 nitrogen and oxygen atoms in total. The van der Waals surface area contributed by atoms with Gasteiger partial charge in [0.15, 0.2) is 5.84 Å². The normalized spacial score (nSPS) is 11.5. The number of ether oxygens (including phenoxy) is 1. The van der Waals surface area contributed by atoms with E-state index < -0.39 is 0 Å². The predicted molar refractivity (Wildman–Crippen MR) is 123 cm³/mol. The smallest absolute Gasteiger partial charge is 0.156 e. The van der Waals surface area contributed by atoms with E-state index in [4.69, 9.17) is 10.5 Å². The second kappa shape index (κ2) is 9.83. The zero-order valence-corrected chi connectivity index (χ0v) is 17.6. The Morgan fingerprint density at radius 3 is 2.47 bits per heavy atom. The second-order valence-electron chi connectivity index (χ2n) is 7.64. The Hall–Kier alpha value is -3.47. The molecule has 0 radical (unpaired) electrons. The van der Waals surface area contributed by atoms with Gasteiger partial charge in [0.05, 0.1) is 11.9 Å². The Balaban J connectivity index is 1.70. The fourth-order valence-corrected chi connectivity index (χ4v) is 3.48. The molecule has 0 bridgehead atoms. The molecule has 0 unspecified atom stereocenters. The lowest BCUT2D eigenvalue weighted by Gasteiger charge is -2.15. The van der Waals surface area contributed by atoms with E-state index in [-0.39, 0.29) is 5.84 Å². The van der Waals surface area contributed by atoms with Crippen molar-refractivity contribution in [2.75, 3.05) is 6.61 Å². The second-order valence-corrected chi connectivity index (χ2v) is 7.64. The molecule has 0 aliphatic heterocycles. The molecule has 30 heavy (non-hydrogen) atoms. The van der Waals surface area contributed by atoms with Crippen molar-refractivity contribution in [3.05, 3.63) is 93.9 Å². The van der Waals surface area contributed by atoms with Gasteiger partial charge in [0.2, 0.25) is 0 Å². The number of rotatable bonds is 8. The first-order chi connectivity index (χ1) is 14.5. The van der Waals surface area contributed by atoms with Crippen molar-refractivity contribution in [3.8, 4) is 16.9 Å². The minimum absolute atomic E-state index is 0.113. The van der Waals surface area contributed by atoms with E-state index in [0.717, 1.165) is 17.7 Å². The van der Waals surface area contributed by atoms with E-state index in [0.29, 0.717) is 18.1 Å². The summed E-state index contributed by atoms with van der Waals surface area (Å²) in [5, 5.41) is 5.79. The Kier molecular flexibility index (Phi) is 6.96. The predicted octanol–water partition coefficient (Wildman–Crippen LogP) is 5.79. The molecule has 3 aromatic carbocycles. The van der Waals surface area contributed by atoms with Crippen LogP contribution in [0.1, 0.15) is 42.0 Å². The number of aryl methyl sites for hydroxylation is 1. The first kappa shape index (κ1) is 21.2. The summed E-state index contributed by atoms with van der Waals surface area (Å²) in [5.74, 6) is 1.44. The third-order valence-corrected chi connectivity index (χ3v) is 5.00. The molecule has 0 amide bonds. The molecule has 0 aliphatic rings. The molecular weight excluding hydrogens is 374 g/mol. The van der Waals surface area contributed by atoms with Crippen LogP contribution in [0.4, 0.5) is 0 Å². The zero-order chi connectivity index (χ0) is 21.5. The van der Waals surface area contributed by atoms with Gasteiger partial charge >= 0.3 is 0 Å². The summed E-state index contributed by atoms with van der Waals surface area (Å²) in [6.45, 7) is 7.08. The van der Waals surface area contributed by atoms with Gasteiger partial charge in [-0.15, -0.1) is 4.91 Å². The standard InChI is InChI=1S/C25H27N3O2/c1-17(2)23-6-4-5-7-24(23)21-14-18(3)15-22(16-21)30-13-12-19-8-10-20(11-9-19)25(26)27-28-29/h4-11,14-17H,12-13H2,1-3H3,(H2,26,27,29). The van der Waals surface area contributed by atoms with Crippen LogP contribution in [0.15, 0.2) is 77.1 Å². The highest BCUT2D eigenvalue weighted by atomic mass is 16.5. The van der Waals surface area contributed by atoms with Crippen LogP contribution in [0.2, 0.25) is 0 Å². The summed E-state index contributed by atoms with van der Waals surface area (Å²) in [5.41, 5.74) is 12.4. The van der Waals surface area contributed by atoms with E-state index in [9.17, 15) is 4.91 Å². The lowest BCUT2D eigenvalue weighted by Crippen LogP contribution is -2.12. The minimum Gasteiger partial charge on any atom is -0.493 e. The van der Waals surface area contributed by atoms with Crippen LogP contribution in [0.3, 0.4) is 0 Å². The molecule has 0 saturated heterocycles. The van der Waals surface area contributed by atoms with Gasteiger partial charge in [0, 0.05) is 12.0 Å². The third-order valence-electron chi connectivity index (χ3n) is 5.00. The molecule has 0 spiro atoms. The van der Waals surface area contributed by atoms with E-state index in [1.54, 1.807) is 0 Å². The highest BCUT2D eigenvalue weighted by Gasteiger charge is 2.10. The average molecular weight is 402 g/mol. The highest BCUT2D eigenvalue weighted by molar-refractivity contribution is 5.97. The third kappa shape index (κ3) is 5.32. The molecule has 3 rings (SSSR count). The molecule has 2 N–H and O–H groups in total. The number of amidine groups is 1. The Bertz CT molecular complexity index is 1040. The van der Waals surface area contributed by atoms with Crippen LogP contribution in [0.25, 0.3) is 11.1 Å². The fourth-order valence-electron chi connectivity index (χ4n) is 3.48. The van der Waals surface area contributed by atoms with E-state index in [1.165, 1.54) is 22.3 Å². The van der Waals surface area contributed by atoms with E-state index in [1.807, 2.05) is 24.3 Å². The number of nitrogens with zero attached hydrogens (tertiary/aromatic N) is 2. The van der Waals surface area contributed by atoms with Crippen LogP contribution in [0, 0.1) is 11.8 Å². The highest BCUT2D eigenvalue weighted by Crippen LogP contribution is 2.32. The Morgan fingerprint density at radius 1 is 1.03 bits per heavy atom. The maximum Gasteiger partial charge on any atom is 0.156 e. The topological polar surface area (TPSA) is 77.0 Å². The summed E-state index contributed by atoms with van der Waals surface area (Å²) in [6.07, 6.45) is 0.759. The van der Waals surface area contributed by atoms with E-state index in [2.05, 4.69) is 73.6 Å². The Labute approximate surface area is 177 Å². The van der Waals surface area contributed by atoms with Crippen LogP contribution < -0.4 is 10.5 Å². The first-order valence-corrected chi connectivity index (χ1v) is 10.1. The van der Waals surface area contributed by atoms with E-state index >= 15 is 0 Å². The lowest BCUT2D eigenvalue weighted by molar-refractivity contribution is 0.322. The Morgan fingerprint density at radius 2 is 1.77 bits per heavy atom. The summed E-state index contributed by atoms with van der Waals surface area (Å²) in [4.78, 5) is 10.2. The molecule has 0 heterocycles. The molecule has 3 aromatic rings. The molecule has 0 aromatic heterocycles. The van der Waals surface area contributed by atoms with Crippen molar-refractivity contribution < 1.29 is 4.74 Å². The molecular formula is C25H27N3O2. The van der Waals surface area contributed by atoms with Crippen LogP contribution in [-0.4, -0.2) is 12.4 Å². The van der Waals surface area contributed by atoms with Crippen molar-refractivity contribution in [1.82, 2.24) is 0 Å². The van der Waals surface area contributed by atoms with Gasteiger partial charge in [0.25, 0.3) is 0 Å². The fraction of sp³-hybridized carbons (Fsp3) is 0.240. The number of nitroso groups, excluding NO2 is 1. The number of hydrogen-bond acceptors (Lipinski definition) is 3. The molecule has 154 valence electrons. The summed E-state index contributed by atoms with van der Waals surface area (Å²) >= 11 is 0. The van der Waals surface area contributed by atoms with Gasteiger partial charge in [-0.3, -0.25) is 0 Å². The summed E-state index contributed by atoms with van der Waals surface area (Å²) < 4.78 is 6.06. The summed E-state index contributed by atoms with van der Waals surface area (Å²) in [7, 11) is 0. The molecule has 0 saturated carbocycles. The van der Waals surface area contributed by atoms with Gasteiger partial charge in [0.1, 0.15) is 5.75 Å². The van der Waals surface area contributed by atoms with Gasteiger partial charge < -0.3 is 10.5 Å². The average Bonchev–Trinajstić information content (AvgIpc) is 2.74. The van der Waals surface area contributed by atoms with Crippen LogP contribution in [0.5, 0.6) is 5.75 Å². The maximum atomic E-state index is 10.2. The minimum atomic E-state index is 0.113. The maximum absolute atomic E-state index is 10.2.